The van der Waals surface area contributed by atoms with E-state index in [1.54, 1.807) is 12.0 Å². The fourth-order valence-corrected chi connectivity index (χ4v) is 6.70. The summed E-state index contributed by atoms with van der Waals surface area (Å²) in [6.07, 6.45) is 2.53. The summed E-state index contributed by atoms with van der Waals surface area (Å²) in [6, 6.07) is 15.6. The Morgan fingerprint density at radius 2 is 1.73 bits per heavy atom. The van der Waals surface area contributed by atoms with Crippen LogP contribution in [0.4, 0.5) is 22.1 Å². The lowest BCUT2D eigenvalue weighted by molar-refractivity contribution is 0.174. The van der Waals surface area contributed by atoms with Gasteiger partial charge in [0.2, 0.25) is 6.79 Å². The largest absolute Gasteiger partial charge is 0.497 e. The lowest BCUT2D eigenvalue weighted by Crippen LogP contribution is -2.41. The molecule has 0 spiro atoms. The second kappa shape index (κ2) is 13.2. The molecule has 2 aromatic carbocycles. The number of ether oxygens (including phenoxy) is 3. The van der Waals surface area contributed by atoms with Crippen LogP contribution in [0.5, 0.6) is 17.2 Å². The van der Waals surface area contributed by atoms with Crippen molar-refractivity contribution in [1.82, 2.24) is 19.7 Å². The van der Waals surface area contributed by atoms with Gasteiger partial charge in [-0.05, 0) is 67.4 Å². The molecule has 2 aliphatic heterocycles. The highest BCUT2D eigenvalue weighted by atomic mass is 28.4. The molecule has 48 heavy (non-hydrogen) atoms. The molecule has 6 rings (SSSR count). The molecule has 2 aromatic heterocycles. The molecule has 12 heteroatoms. The zero-order chi connectivity index (χ0) is 34.2. The summed E-state index contributed by atoms with van der Waals surface area (Å²) in [5.41, 5.74) is 5.64. The minimum absolute atomic E-state index is 0.0643. The minimum atomic E-state index is -1.99. The van der Waals surface area contributed by atoms with Crippen molar-refractivity contribution in [2.24, 2.45) is 0 Å². The molecule has 11 nitrogen and oxygen atoms in total. The predicted molar refractivity (Wildman–Crippen MR) is 190 cm³/mol. The first-order valence-corrected chi connectivity index (χ1v) is 19.3. The van der Waals surface area contributed by atoms with Crippen LogP contribution in [0.25, 0.3) is 5.69 Å². The molecule has 1 N–H and O–H groups in total. The van der Waals surface area contributed by atoms with Crippen molar-refractivity contribution in [1.29, 1.82) is 0 Å². The number of hydrogen-bond acceptors (Lipinski definition) is 8. The van der Waals surface area contributed by atoms with Crippen LogP contribution in [0.2, 0.25) is 18.1 Å². The Morgan fingerprint density at radius 3 is 2.44 bits per heavy atom. The van der Waals surface area contributed by atoms with Gasteiger partial charge in [0.25, 0.3) is 0 Å². The summed E-state index contributed by atoms with van der Waals surface area (Å²) in [5.74, 6) is 3.57. The first-order valence-electron chi connectivity index (χ1n) is 16.4. The molecule has 1 fully saturated rings. The summed E-state index contributed by atoms with van der Waals surface area (Å²) in [6.45, 7) is 17.7. The number of nitrogens with one attached hydrogen (secondary N) is 1. The van der Waals surface area contributed by atoms with Crippen LogP contribution in [0.3, 0.4) is 0 Å². The molecule has 0 unspecified atom stereocenters. The minimum Gasteiger partial charge on any atom is -0.497 e. The number of methoxy groups -OCH3 is 1. The van der Waals surface area contributed by atoms with Crippen LogP contribution < -0.4 is 24.4 Å². The van der Waals surface area contributed by atoms with Crippen molar-refractivity contribution in [2.75, 3.05) is 43.8 Å². The lowest BCUT2D eigenvalue weighted by atomic mass is 10.1. The van der Waals surface area contributed by atoms with Gasteiger partial charge in [0.05, 0.1) is 12.8 Å². The molecule has 0 saturated carbocycles. The third-order valence-electron chi connectivity index (χ3n) is 9.55. The summed E-state index contributed by atoms with van der Waals surface area (Å²) in [7, 11) is -0.343. The van der Waals surface area contributed by atoms with Crippen molar-refractivity contribution in [3.63, 3.8) is 0 Å². The van der Waals surface area contributed by atoms with Gasteiger partial charge in [0.15, 0.2) is 25.6 Å². The molecule has 0 aliphatic carbocycles. The number of anilines is 3. The van der Waals surface area contributed by atoms with Crippen molar-refractivity contribution < 1.29 is 23.4 Å². The first-order chi connectivity index (χ1) is 22.8. The lowest BCUT2D eigenvalue weighted by Gasteiger charge is -2.36. The zero-order valence-corrected chi connectivity index (χ0v) is 30.2. The molecule has 2 amide bonds. The number of carbonyl (C=O) groups excluding carboxylic acids is 1. The number of carbonyl (C=O) groups is 1. The summed E-state index contributed by atoms with van der Waals surface area (Å²) >= 11 is 0. The topological polar surface area (TPSA) is 103 Å². The van der Waals surface area contributed by atoms with Crippen LogP contribution in [0.15, 0.2) is 54.7 Å². The number of rotatable bonds is 11. The number of nitrogens with zero attached hydrogens (tertiary/aromatic N) is 5. The predicted octanol–water partition coefficient (Wildman–Crippen LogP) is 7.37. The Balaban J connectivity index is 1.29. The van der Waals surface area contributed by atoms with Crippen LogP contribution in [-0.2, 0) is 17.4 Å². The third-order valence-corrected chi connectivity index (χ3v) is 14.1. The number of hydrogen-bond donors (Lipinski definition) is 1. The van der Waals surface area contributed by atoms with Crippen molar-refractivity contribution in [2.45, 2.75) is 65.7 Å². The summed E-state index contributed by atoms with van der Waals surface area (Å²) in [4.78, 5) is 22.1. The van der Waals surface area contributed by atoms with Gasteiger partial charge in [-0.15, -0.1) is 5.10 Å². The number of fused-ring (bicyclic) bond motifs is 1. The number of urea groups is 1. The molecule has 2 aliphatic rings. The van der Waals surface area contributed by atoms with Gasteiger partial charge in [-0.2, -0.15) is 0 Å². The van der Waals surface area contributed by atoms with Crippen LogP contribution in [-0.4, -0.2) is 67.6 Å². The maximum absolute atomic E-state index is 13.5. The van der Waals surface area contributed by atoms with Gasteiger partial charge < -0.3 is 28.9 Å². The van der Waals surface area contributed by atoms with E-state index in [4.69, 9.17) is 28.7 Å². The highest BCUT2D eigenvalue weighted by molar-refractivity contribution is 6.74. The number of aromatic nitrogens is 3. The van der Waals surface area contributed by atoms with Crippen molar-refractivity contribution in [3.8, 4) is 22.9 Å². The SMILES string of the molecule is COc1ccc(CN2CCN(c3ccn(-c4cc(C)nc(Nc5cc6c(cc5C)OCO6)c4CCO[Si](C)(C)C(C)(C)C)n3)C2=O)cc1. The maximum Gasteiger partial charge on any atom is 0.326 e. The molecule has 0 bridgehead atoms. The molecule has 254 valence electrons. The Bertz CT molecular complexity index is 1800. The van der Waals surface area contributed by atoms with Gasteiger partial charge in [-0.3, -0.25) is 4.90 Å². The molecule has 4 heterocycles. The van der Waals surface area contributed by atoms with E-state index in [0.29, 0.717) is 44.2 Å². The molecule has 4 aromatic rings. The molecule has 0 atom stereocenters. The van der Waals surface area contributed by atoms with Crippen LogP contribution in [0.1, 0.15) is 43.2 Å². The Labute approximate surface area is 283 Å². The molecule has 1 saturated heterocycles. The second-order valence-corrected chi connectivity index (χ2v) is 18.7. The Morgan fingerprint density at radius 1 is 1.00 bits per heavy atom. The van der Waals surface area contributed by atoms with E-state index < -0.39 is 8.32 Å². The Hall–Kier alpha value is -4.55. The van der Waals surface area contributed by atoms with Gasteiger partial charge in [0, 0.05) is 67.9 Å². The molecule has 0 radical (unpaired) electrons. The fraction of sp³-hybridized carbons (Fsp3) is 0.417. The van der Waals surface area contributed by atoms with Crippen molar-refractivity contribution >= 4 is 31.7 Å². The monoisotopic (exact) mass is 670 g/mol. The fourth-order valence-electron chi connectivity index (χ4n) is 5.65. The van der Waals surface area contributed by atoms with Gasteiger partial charge in [-0.1, -0.05) is 32.9 Å². The van der Waals surface area contributed by atoms with E-state index in [1.165, 1.54) is 0 Å². The second-order valence-electron chi connectivity index (χ2n) is 13.9. The van der Waals surface area contributed by atoms with Gasteiger partial charge in [0.1, 0.15) is 11.6 Å². The summed E-state index contributed by atoms with van der Waals surface area (Å²) < 4.78 is 25.0. The smallest absolute Gasteiger partial charge is 0.326 e. The van der Waals surface area contributed by atoms with E-state index >= 15 is 0 Å². The van der Waals surface area contributed by atoms with E-state index in [2.05, 4.69) is 39.2 Å². The Kier molecular flexibility index (Phi) is 9.14. The van der Waals surface area contributed by atoms with E-state index in [1.807, 2.05) is 78.2 Å². The number of benzene rings is 2. The average molecular weight is 671 g/mol. The molecular weight excluding hydrogens is 625 g/mol. The van der Waals surface area contributed by atoms with E-state index in [9.17, 15) is 4.79 Å². The highest BCUT2D eigenvalue weighted by Crippen LogP contribution is 2.39. The normalized spacial score (nSPS) is 14.6. The zero-order valence-electron chi connectivity index (χ0n) is 29.2. The standard InChI is InChI=1S/C36H46N6O5Si/c1-24-19-31-32(46-23-45-31)21-29(24)38-34-28(14-18-47-48(7,8)36(3,4)5)30(20-25(2)37-34)42-15-13-33(39-42)41-17-16-40(35(41)43)22-26-9-11-27(44-6)12-10-26/h9-13,15,19-21H,14,16-18,22-23H2,1-8H3,(H,37,38). The first kappa shape index (κ1) is 33.4. The van der Waals surface area contributed by atoms with Crippen LogP contribution >= 0.6 is 0 Å². The number of amides is 2. The maximum atomic E-state index is 13.5. The van der Waals surface area contributed by atoms with Gasteiger partial charge >= 0.3 is 6.03 Å². The number of aryl methyl sites for hydroxylation is 2. The summed E-state index contributed by atoms with van der Waals surface area (Å²) in [5, 5.41) is 8.63. The molecular formula is C36H46N6O5Si. The van der Waals surface area contributed by atoms with Crippen LogP contribution in [0, 0.1) is 13.8 Å². The van der Waals surface area contributed by atoms with E-state index in [0.717, 1.165) is 51.1 Å². The quantitative estimate of drug-likeness (QED) is 0.165. The van der Waals surface area contributed by atoms with E-state index in [-0.39, 0.29) is 17.9 Å². The number of pyridine rings is 1. The highest BCUT2D eigenvalue weighted by Gasteiger charge is 2.37. The van der Waals surface area contributed by atoms with Gasteiger partial charge in [-0.25, -0.2) is 14.5 Å². The van der Waals surface area contributed by atoms with Crippen molar-refractivity contribution in [3.05, 3.63) is 77.1 Å². The average Bonchev–Trinajstić information content (AvgIpc) is 3.78. The third kappa shape index (κ3) is 6.86.